The number of esters is 3. The van der Waals surface area contributed by atoms with Gasteiger partial charge in [-0.3, -0.25) is 14.4 Å². The fraction of sp³-hybridized carbons (Fsp3) is 0.717. The van der Waals surface area contributed by atoms with Gasteiger partial charge in [-0.15, -0.1) is 0 Å². The van der Waals surface area contributed by atoms with E-state index in [0.717, 1.165) is 77.0 Å². The van der Waals surface area contributed by atoms with Crippen LogP contribution in [-0.2, 0) is 28.6 Å². The van der Waals surface area contributed by atoms with E-state index >= 15 is 0 Å². The van der Waals surface area contributed by atoms with E-state index in [1.165, 1.54) is 135 Å². The Kier molecular flexibility index (Phi) is 51.4. The standard InChI is InChI=1S/C60H102O6/c1-4-7-10-13-16-19-22-25-27-29-30-32-34-36-39-41-44-47-50-53-59(62)65-56-57(66-60(63)54-51-48-45-42-37-24-21-18-15-12-9-6-3)55-64-58(61)52-49-46-43-40-38-35-33-31-28-26-23-20-17-14-11-8-5-2/h7,10,16,19,25-28,30,32,36,39,44,47,57H,4-6,8-9,11-15,17-18,20-24,29,31,33-35,37-38,40-43,45-46,48-56H2,1-3H3/b10-7-,19-16-,27-25-,28-26-,32-30-,39-36-,47-44-/t57-/m0/s1. The van der Waals surface area contributed by atoms with Crippen molar-refractivity contribution in [3.63, 3.8) is 0 Å². The van der Waals surface area contributed by atoms with Gasteiger partial charge in [0.2, 0.25) is 0 Å². The average molecular weight is 919 g/mol. The van der Waals surface area contributed by atoms with Crippen LogP contribution in [0, 0.1) is 0 Å². The number of unbranched alkanes of at least 4 members (excludes halogenated alkanes) is 24. The molecule has 378 valence electrons. The highest BCUT2D eigenvalue weighted by Crippen LogP contribution is 2.15. The number of allylic oxidation sites excluding steroid dienone is 14. The van der Waals surface area contributed by atoms with Crippen LogP contribution < -0.4 is 0 Å². The minimum Gasteiger partial charge on any atom is -0.462 e. The minimum absolute atomic E-state index is 0.100. The second-order valence-electron chi connectivity index (χ2n) is 18.1. The van der Waals surface area contributed by atoms with Crippen LogP contribution in [0.5, 0.6) is 0 Å². The number of carbonyl (C=O) groups is 3. The van der Waals surface area contributed by atoms with Gasteiger partial charge in [0.25, 0.3) is 0 Å². The van der Waals surface area contributed by atoms with Crippen molar-refractivity contribution in [3.05, 3.63) is 85.1 Å². The summed E-state index contributed by atoms with van der Waals surface area (Å²) in [6.45, 7) is 6.46. The molecule has 0 aromatic carbocycles. The van der Waals surface area contributed by atoms with E-state index in [-0.39, 0.29) is 37.5 Å². The molecule has 0 aliphatic heterocycles. The average Bonchev–Trinajstić information content (AvgIpc) is 3.31. The fourth-order valence-electron chi connectivity index (χ4n) is 7.52. The Morgan fingerprint density at radius 1 is 0.318 bits per heavy atom. The van der Waals surface area contributed by atoms with Gasteiger partial charge < -0.3 is 14.2 Å². The first-order valence-electron chi connectivity index (χ1n) is 27.6. The van der Waals surface area contributed by atoms with Crippen molar-refractivity contribution < 1.29 is 28.6 Å². The Morgan fingerprint density at radius 2 is 0.621 bits per heavy atom. The van der Waals surface area contributed by atoms with Crippen molar-refractivity contribution in [1.29, 1.82) is 0 Å². The second-order valence-corrected chi connectivity index (χ2v) is 18.1. The largest absolute Gasteiger partial charge is 0.462 e. The quantitative estimate of drug-likeness (QED) is 0.0262. The summed E-state index contributed by atoms with van der Waals surface area (Å²) in [5, 5.41) is 0. The molecule has 0 aromatic heterocycles. The maximum absolute atomic E-state index is 12.8. The molecule has 0 bridgehead atoms. The maximum atomic E-state index is 12.8. The highest BCUT2D eigenvalue weighted by molar-refractivity contribution is 5.71. The molecule has 0 amide bonds. The van der Waals surface area contributed by atoms with Crippen LogP contribution in [-0.4, -0.2) is 37.2 Å². The molecule has 0 radical (unpaired) electrons. The normalized spacial score (nSPS) is 12.7. The summed E-state index contributed by atoms with van der Waals surface area (Å²) >= 11 is 0. The first kappa shape index (κ1) is 62.6. The van der Waals surface area contributed by atoms with Gasteiger partial charge in [0.05, 0.1) is 0 Å². The molecule has 0 aliphatic rings. The van der Waals surface area contributed by atoms with E-state index < -0.39 is 6.10 Å². The lowest BCUT2D eigenvalue weighted by atomic mass is 10.0. The summed E-state index contributed by atoms with van der Waals surface area (Å²) in [7, 11) is 0. The highest BCUT2D eigenvalue weighted by atomic mass is 16.6. The number of rotatable bonds is 49. The zero-order valence-corrected chi connectivity index (χ0v) is 43.2. The summed E-state index contributed by atoms with van der Waals surface area (Å²) < 4.78 is 16.8. The van der Waals surface area contributed by atoms with Crippen molar-refractivity contribution in [2.24, 2.45) is 0 Å². The topological polar surface area (TPSA) is 78.9 Å². The molecule has 0 aliphatic carbocycles. The van der Waals surface area contributed by atoms with Gasteiger partial charge in [0, 0.05) is 19.3 Å². The van der Waals surface area contributed by atoms with Crippen molar-refractivity contribution in [3.8, 4) is 0 Å². The van der Waals surface area contributed by atoms with Gasteiger partial charge in [0.1, 0.15) is 13.2 Å². The third-order valence-electron chi connectivity index (χ3n) is 11.6. The molecule has 0 unspecified atom stereocenters. The van der Waals surface area contributed by atoms with E-state index in [4.69, 9.17) is 14.2 Å². The van der Waals surface area contributed by atoms with Gasteiger partial charge in [-0.1, -0.05) is 241 Å². The lowest BCUT2D eigenvalue weighted by Crippen LogP contribution is -2.30. The third kappa shape index (κ3) is 51.6. The van der Waals surface area contributed by atoms with Crippen LogP contribution in [0.4, 0.5) is 0 Å². The van der Waals surface area contributed by atoms with Gasteiger partial charge in [-0.25, -0.2) is 0 Å². The highest BCUT2D eigenvalue weighted by Gasteiger charge is 2.19. The zero-order chi connectivity index (χ0) is 47.9. The number of carbonyl (C=O) groups excluding carboxylic acids is 3. The van der Waals surface area contributed by atoms with Crippen LogP contribution in [0.3, 0.4) is 0 Å². The molecule has 0 aromatic rings. The summed E-state index contributed by atoms with van der Waals surface area (Å²) in [6, 6.07) is 0. The molecule has 0 fully saturated rings. The van der Waals surface area contributed by atoms with Crippen molar-refractivity contribution in [2.45, 2.75) is 264 Å². The molecule has 0 saturated carbocycles. The third-order valence-corrected chi connectivity index (χ3v) is 11.6. The van der Waals surface area contributed by atoms with E-state index in [0.29, 0.717) is 19.3 Å². The predicted molar refractivity (Wildman–Crippen MR) is 284 cm³/mol. The van der Waals surface area contributed by atoms with Gasteiger partial charge in [0.15, 0.2) is 6.10 Å². The second kappa shape index (κ2) is 54.2. The molecule has 66 heavy (non-hydrogen) atoms. The van der Waals surface area contributed by atoms with Gasteiger partial charge in [-0.05, 0) is 83.5 Å². The van der Waals surface area contributed by atoms with E-state index in [1.54, 1.807) is 0 Å². The van der Waals surface area contributed by atoms with Gasteiger partial charge in [-0.2, -0.15) is 0 Å². The minimum atomic E-state index is -0.806. The summed E-state index contributed by atoms with van der Waals surface area (Å²) in [5.74, 6) is -0.988. The van der Waals surface area contributed by atoms with Crippen LogP contribution in [0.2, 0.25) is 0 Å². The van der Waals surface area contributed by atoms with Crippen LogP contribution in [0.15, 0.2) is 85.1 Å². The van der Waals surface area contributed by atoms with Crippen LogP contribution in [0.1, 0.15) is 258 Å². The maximum Gasteiger partial charge on any atom is 0.306 e. The molecular weight excluding hydrogens is 817 g/mol. The molecule has 0 N–H and O–H groups in total. The Hall–Kier alpha value is -3.41. The molecule has 0 heterocycles. The molecule has 0 saturated heterocycles. The molecule has 6 nitrogen and oxygen atoms in total. The fourth-order valence-corrected chi connectivity index (χ4v) is 7.52. The van der Waals surface area contributed by atoms with Crippen molar-refractivity contribution in [2.75, 3.05) is 13.2 Å². The SMILES string of the molecule is CC/C=C\C/C=C\C/C=C\C/C=C\C/C=C\C/C=C\CCC(=O)OC[C@H](COC(=O)CCCCCCCCC/C=C\CCCCCCCC)OC(=O)CCCCCCCCCCCCCC. The van der Waals surface area contributed by atoms with Crippen LogP contribution >= 0.6 is 0 Å². The van der Waals surface area contributed by atoms with Crippen LogP contribution in [0.25, 0.3) is 0 Å². The number of ether oxygens (including phenoxy) is 3. The Morgan fingerprint density at radius 3 is 1.02 bits per heavy atom. The number of hydrogen-bond acceptors (Lipinski definition) is 6. The first-order valence-corrected chi connectivity index (χ1v) is 27.6. The van der Waals surface area contributed by atoms with Crippen molar-refractivity contribution in [1.82, 2.24) is 0 Å². The number of hydrogen-bond donors (Lipinski definition) is 0. The van der Waals surface area contributed by atoms with Crippen molar-refractivity contribution >= 4 is 17.9 Å². The first-order chi connectivity index (χ1) is 32.5. The summed E-state index contributed by atoms with van der Waals surface area (Å²) in [5.41, 5.74) is 0. The Bertz CT molecular complexity index is 1290. The predicted octanol–water partition coefficient (Wildman–Crippen LogP) is 18.4. The van der Waals surface area contributed by atoms with Gasteiger partial charge >= 0.3 is 17.9 Å². The monoisotopic (exact) mass is 919 g/mol. The van der Waals surface area contributed by atoms with E-state index in [9.17, 15) is 14.4 Å². The lowest BCUT2D eigenvalue weighted by Gasteiger charge is -2.18. The molecule has 0 spiro atoms. The Balaban J connectivity index is 4.46. The smallest absolute Gasteiger partial charge is 0.306 e. The zero-order valence-electron chi connectivity index (χ0n) is 43.2. The lowest BCUT2D eigenvalue weighted by molar-refractivity contribution is -0.166. The molecule has 0 rings (SSSR count). The molecule has 1 atom stereocenters. The summed E-state index contributed by atoms with van der Waals surface area (Å²) in [4.78, 5) is 38.0. The van der Waals surface area contributed by atoms with E-state index in [1.807, 2.05) is 6.08 Å². The van der Waals surface area contributed by atoms with E-state index in [2.05, 4.69) is 99.8 Å². The summed E-state index contributed by atoms with van der Waals surface area (Å²) in [6.07, 6.45) is 70.1. The molecule has 6 heteroatoms. The molecular formula is C60H102O6. The Labute approximate surface area is 407 Å².